The molecule has 3 aromatic rings. The van der Waals surface area contributed by atoms with E-state index in [2.05, 4.69) is 21.5 Å². The second kappa shape index (κ2) is 11.1. The first-order chi connectivity index (χ1) is 18.4. The molecule has 0 aromatic carbocycles. The first kappa shape index (κ1) is 28.1. The van der Waals surface area contributed by atoms with Crippen LogP contribution in [0.3, 0.4) is 0 Å². The summed E-state index contributed by atoms with van der Waals surface area (Å²) in [6.07, 6.45) is 4.86. The van der Waals surface area contributed by atoms with Crippen molar-refractivity contribution in [3.63, 3.8) is 0 Å². The summed E-state index contributed by atoms with van der Waals surface area (Å²) in [7, 11) is -3.74. The molecule has 1 N–H and O–H groups in total. The third kappa shape index (κ3) is 6.96. The number of aromatic nitrogens is 3. The molecule has 0 saturated carbocycles. The largest absolute Gasteiger partial charge is 0.492 e. The number of anilines is 1. The lowest BCUT2D eigenvalue weighted by molar-refractivity contribution is 0.0433. The number of hydrogen-bond acceptors (Lipinski definition) is 10. The van der Waals surface area contributed by atoms with E-state index in [1.54, 1.807) is 37.7 Å². The Morgan fingerprint density at radius 2 is 2.05 bits per heavy atom. The molecule has 1 saturated heterocycles. The highest BCUT2D eigenvalue weighted by Gasteiger charge is 2.35. The molecule has 0 radical (unpaired) electrons. The van der Waals surface area contributed by atoms with E-state index >= 15 is 0 Å². The number of amides is 1. The van der Waals surface area contributed by atoms with Crippen LogP contribution in [0.1, 0.15) is 39.7 Å². The first-order valence-corrected chi connectivity index (χ1v) is 14.3. The molecule has 13 heteroatoms. The minimum Gasteiger partial charge on any atom is -0.492 e. The van der Waals surface area contributed by atoms with Crippen molar-refractivity contribution in [2.75, 3.05) is 30.9 Å². The summed E-state index contributed by atoms with van der Waals surface area (Å²) in [5.41, 5.74) is 1.88. The number of nitriles is 1. The molecular weight excluding hydrogens is 524 g/mol. The zero-order valence-electron chi connectivity index (χ0n) is 22.5. The van der Waals surface area contributed by atoms with Gasteiger partial charge in [0.05, 0.1) is 42.4 Å². The molecule has 0 unspecified atom stereocenters. The molecule has 0 bridgehead atoms. The molecular formula is C26H32N6O6S. The van der Waals surface area contributed by atoms with Crippen LogP contribution in [0.5, 0.6) is 5.75 Å². The monoisotopic (exact) mass is 556 g/mol. The predicted molar refractivity (Wildman–Crippen MR) is 144 cm³/mol. The Kier molecular flexibility index (Phi) is 7.99. The fraction of sp³-hybridized carbons (Fsp3) is 0.462. The van der Waals surface area contributed by atoms with Crippen LogP contribution in [0.2, 0.25) is 0 Å². The van der Waals surface area contributed by atoms with Crippen LogP contribution in [0.4, 0.5) is 10.6 Å². The van der Waals surface area contributed by atoms with Gasteiger partial charge < -0.3 is 19.7 Å². The number of carbonyl (C=O) groups is 1. The third-order valence-electron chi connectivity index (χ3n) is 5.95. The van der Waals surface area contributed by atoms with Crippen molar-refractivity contribution in [2.45, 2.75) is 51.9 Å². The molecule has 4 rings (SSSR count). The molecule has 3 aromatic heterocycles. The maximum atomic E-state index is 12.5. The van der Waals surface area contributed by atoms with Gasteiger partial charge in [-0.3, -0.25) is 4.18 Å². The second-order valence-corrected chi connectivity index (χ2v) is 11.8. The summed E-state index contributed by atoms with van der Waals surface area (Å²) in [6.45, 7) is 8.33. The van der Waals surface area contributed by atoms with Crippen LogP contribution >= 0.6 is 0 Å². The molecule has 4 heterocycles. The second-order valence-electron chi connectivity index (χ2n) is 10.2. The van der Waals surface area contributed by atoms with E-state index in [9.17, 15) is 18.5 Å². The van der Waals surface area contributed by atoms with Crippen molar-refractivity contribution in [1.82, 2.24) is 19.9 Å². The number of rotatable bonds is 7. The zero-order chi connectivity index (χ0) is 28.4. The standard InChI is InChI=1S/C26H32N6O6S/c1-6-36-19-11-20(24-18(12-27)14-29-32(24)15-19)17-7-8-23(28-13-17)31-10-9-22(38-39(5,34)35)21(16-31)30-25(33)37-26(2,3)4/h7-8,11,13-15,21-22H,6,9-10,16H2,1-5H3,(H,30,33)/t21-,22-/m1/s1. The molecule has 1 aliphatic heterocycles. The van der Waals surface area contributed by atoms with Gasteiger partial charge in [-0.1, -0.05) is 0 Å². The normalized spacial score (nSPS) is 18.0. The van der Waals surface area contributed by atoms with Gasteiger partial charge in [-0.2, -0.15) is 18.8 Å². The van der Waals surface area contributed by atoms with Crippen LogP contribution in [-0.2, 0) is 19.0 Å². The quantitative estimate of drug-likeness (QED) is 0.430. The Hall–Kier alpha value is -3.89. The molecule has 208 valence electrons. The summed E-state index contributed by atoms with van der Waals surface area (Å²) in [6, 6.07) is 7.10. The van der Waals surface area contributed by atoms with Crippen LogP contribution in [0.25, 0.3) is 16.6 Å². The summed E-state index contributed by atoms with van der Waals surface area (Å²) in [5.74, 6) is 1.25. The lowest BCUT2D eigenvalue weighted by Crippen LogP contribution is -2.57. The zero-order valence-corrected chi connectivity index (χ0v) is 23.4. The number of pyridine rings is 2. The van der Waals surface area contributed by atoms with Gasteiger partial charge in [0.1, 0.15) is 29.3 Å². The molecule has 1 fully saturated rings. The van der Waals surface area contributed by atoms with Gasteiger partial charge in [0.15, 0.2) is 0 Å². The van der Waals surface area contributed by atoms with Crippen molar-refractivity contribution in [3.8, 4) is 22.9 Å². The van der Waals surface area contributed by atoms with E-state index in [4.69, 9.17) is 13.7 Å². The highest BCUT2D eigenvalue weighted by molar-refractivity contribution is 7.86. The van der Waals surface area contributed by atoms with Gasteiger partial charge in [-0.15, -0.1) is 0 Å². The van der Waals surface area contributed by atoms with Crippen molar-refractivity contribution in [3.05, 3.63) is 42.4 Å². The van der Waals surface area contributed by atoms with Crippen molar-refractivity contribution >= 4 is 27.5 Å². The van der Waals surface area contributed by atoms with E-state index < -0.39 is 34.0 Å². The minimum absolute atomic E-state index is 0.261. The SMILES string of the molecule is CCOc1cc(-c2ccc(N3CC[C@@H](OS(C)(=O)=O)[C@H](NC(=O)OC(C)(C)C)C3)nc2)c2c(C#N)cnn2c1. The number of ether oxygens (including phenoxy) is 2. The molecule has 1 aliphatic rings. The van der Waals surface area contributed by atoms with Crippen LogP contribution in [-0.4, -0.2) is 72.8 Å². The Labute approximate surface area is 227 Å². The highest BCUT2D eigenvalue weighted by atomic mass is 32.2. The topological polar surface area (TPSA) is 148 Å². The number of carbonyl (C=O) groups excluding carboxylic acids is 1. The maximum Gasteiger partial charge on any atom is 0.408 e. The number of nitrogens with zero attached hydrogens (tertiary/aromatic N) is 5. The maximum absolute atomic E-state index is 12.5. The van der Waals surface area contributed by atoms with E-state index in [0.717, 1.165) is 17.4 Å². The summed E-state index contributed by atoms with van der Waals surface area (Å²) < 4.78 is 41.6. The molecule has 2 atom stereocenters. The smallest absolute Gasteiger partial charge is 0.408 e. The number of fused-ring (bicyclic) bond motifs is 1. The molecule has 12 nitrogen and oxygen atoms in total. The van der Waals surface area contributed by atoms with Crippen molar-refractivity contribution < 1.29 is 26.9 Å². The molecule has 39 heavy (non-hydrogen) atoms. The number of alkyl carbamates (subject to hydrolysis) is 1. The summed E-state index contributed by atoms with van der Waals surface area (Å²) in [5, 5.41) is 16.6. The fourth-order valence-corrected chi connectivity index (χ4v) is 5.13. The van der Waals surface area contributed by atoms with Crippen molar-refractivity contribution in [1.29, 1.82) is 5.26 Å². The Balaban J connectivity index is 1.60. The van der Waals surface area contributed by atoms with Gasteiger partial charge in [-0.25, -0.2) is 14.3 Å². The average molecular weight is 557 g/mol. The summed E-state index contributed by atoms with van der Waals surface area (Å²) >= 11 is 0. The van der Waals surface area contributed by atoms with E-state index in [1.807, 2.05) is 30.0 Å². The lowest BCUT2D eigenvalue weighted by Gasteiger charge is -2.38. The number of nitrogens with one attached hydrogen (secondary N) is 1. The van der Waals surface area contributed by atoms with E-state index in [0.29, 0.717) is 42.2 Å². The van der Waals surface area contributed by atoms with Crippen molar-refractivity contribution in [2.24, 2.45) is 0 Å². The van der Waals surface area contributed by atoms with Crippen LogP contribution < -0.4 is 15.0 Å². The predicted octanol–water partition coefficient (Wildman–Crippen LogP) is 3.11. The number of piperidine rings is 1. The van der Waals surface area contributed by atoms with E-state index in [1.165, 1.54) is 6.20 Å². The Bertz CT molecular complexity index is 1490. The summed E-state index contributed by atoms with van der Waals surface area (Å²) in [4.78, 5) is 19.1. The Morgan fingerprint density at radius 3 is 2.67 bits per heavy atom. The highest BCUT2D eigenvalue weighted by Crippen LogP contribution is 2.32. The lowest BCUT2D eigenvalue weighted by atomic mass is 10.0. The van der Waals surface area contributed by atoms with Gasteiger partial charge >= 0.3 is 6.09 Å². The molecule has 0 aliphatic carbocycles. The van der Waals surface area contributed by atoms with Crippen LogP contribution in [0, 0.1) is 11.3 Å². The minimum atomic E-state index is -3.74. The fourth-order valence-electron chi connectivity index (χ4n) is 4.45. The van der Waals surface area contributed by atoms with E-state index in [-0.39, 0.29) is 6.54 Å². The Morgan fingerprint density at radius 1 is 1.28 bits per heavy atom. The van der Waals surface area contributed by atoms with Gasteiger partial charge in [0, 0.05) is 30.4 Å². The first-order valence-electron chi connectivity index (χ1n) is 12.5. The average Bonchev–Trinajstić information content (AvgIpc) is 3.26. The van der Waals surface area contributed by atoms with Gasteiger partial charge in [0.25, 0.3) is 10.1 Å². The third-order valence-corrected chi connectivity index (χ3v) is 6.55. The van der Waals surface area contributed by atoms with Gasteiger partial charge in [-0.05, 0) is 52.3 Å². The van der Waals surface area contributed by atoms with Gasteiger partial charge in [0.2, 0.25) is 0 Å². The number of hydrogen-bond donors (Lipinski definition) is 1. The molecule has 1 amide bonds. The molecule has 0 spiro atoms. The van der Waals surface area contributed by atoms with Crippen LogP contribution in [0.15, 0.2) is 36.8 Å².